The molecule has 29 heavy (non-hydrogen) atoms. The maximum absolute atomic E-state index is 12.6. The number of rotatable bonds is 8. The molecule has 3 rings (SSSR count). The Morgan fingerprint density at radius 3 is 2.07 bits per heavy atom. The minimum Gasteiger partial charge on any atom is -0.465 e. The van der Waals surface area contributed by atoms with E-state index in [1.54, 1.807) is 0 Å². The molecule has 1 fully saturated rings. The van der Waals surface area contributed by atoms with Crippen molar-refractivity contribution >= 4 is 5.97 Å². The molecule has 0 saturated carbocycles. The van der Waals surface area contributed by atoms with Crippen LogP contribution in [0.2, 0.25) is 0 Å². The molecular formula is C21H34N6O2. The van der Waals surface area contributed by atoms with Gasteiger partial charge in [-0.05, 0) is 46.8 Å². The second-order valence-corrected chi connectivity index (χ2v) is 7.90. The minimum absolute atomic E-state index is 0.128. The highest BCUT2D eigenvalue weighted by Crippen LogP contribution is 2.13. The molecule has 8 heteroatoms. The van der Waals surface area contributed by atoms with Crippen molar-refractivity contribution in [2.45, 2.75) is 53.8 Å². The SMILES string of the molecule is CCOC(=O)[C@H]1CN(CCn2nc(C)cc2C)CCN1CCn1nc(C)cc1C. The zero-order valence-corrected chi connectivity index (χ0v) is 18.4. The first kappa shape index (κ1) is 21.5. The highest BCUT2D eigenvalue weighted by molar-refractivity contribution is 5.76. The molecule has 2 aromatic rings. The second kappa shape index (κ2) is 9.54. The van der Waals surface area contributed by atoms with E-state index in [1.807, 2.05) is 30.1 Å². The van der Waals surface area contributed by atoms with Gasteiger partial charge in [-0.15, -0.1) is 0 Å². The molecule has 0 aromatic carbocycles. The third-order valence-electron chi connectivity index (χ3n) is 5.57. The number of hydrogen-bond acceptors (Lipinski definition) is 6. The van der Waals surface area contributed by atoms with E-state index in [2.05, 4.69) is 46.0 Å². The summed E-state index contributed by atoms with van der Waals surface area (Å²) in [5, 5.41) is 9.09. The summed E-state index contributed by atoms with van der Waals surface area (Å²) < 4.78 is 9.44. The standard InChI is InChI=1S/C21H34N6O2/c1-6-29-21(28)20-15-24(8-11-26-18(4)13-16(2)22-26)7-9-25(20)10-12-27-19(5)14-17(3)23-27/h13-14,20H,6-12,15H2,1-5H3/t20-/m1/s1. The summed E-state index contributed by atoms with van der Waals surface area (Å²) in [6, 6.07) is 3.94. The number of esters is 1. The average Bonchev–Trinajstić information content (AvgIpc) is 3.17. The van der Waals surface area contributed by atoms with Gasteiger partial charge in [-0.3, -0.25) is 24.0 Å². The number of nitrogens with zero attached hydrogens (tertiary/aromatic N) is 6. The van der Waals surface area contributed by atoms with Crippen molar-refractivity contribution < 1.29 is 9.53 Å². The Morgan fingerprint density at radius 1 is 0.966 bits per heavy atom. The van der Waals surface area contributed by atoms with Crippen molar-refractivity contribution in [3.05, 3.63) is 34.9 Å². The monoisotopic (exact) mass is 402 g/mol. The van der Waals surface area contributed by atoms with E-state index in [-0.39, 0.29) is 12.0 Å². The lowest BCUT2D eigenvalue weighted by atomic mass is 10.1. The lowest BCUT2D eigenvalue weighted by Crippen LogP contribution is -2.57. The summed E-state index contributed by atoms with van der Waals surface area (Å²) in [5.41, 5.74) is 4.39. The van der Waals surface area contributed by atoms with Crippen LogP contribution in [0.25, 0.3) is 0 Å². The Morgan fingerprint density at radius 2 is 1.55 bits per heavy atom. The van der Waals surface area contributed by atoms with Crippen molar-refractivity contribution in [1.82, 2.24) is 29.4 Å². The first-order chi connectivity index (χ1) is 13.9. The molecule has 1 atom stereocenters. The molecular weight excluding hydrogens is 368 g/mol. The fourth-order valence-electron chi connectivity index (χ4n) is 4.07. The summed E-state index contributed by atoms with van der Waals surface area (Å²) in [7, 11) is 0. The number of aromatic nitrogens is 4. The molecule has 1 aliphatic heterocycles. The van der Waals surface area contributed by atoms with Gasteiger partial charge in [0.1, 0.15) is 6.04 Å². The van der Waals surface area contributed by atoms with E-state index in [0.717, 1.165) is 56.4 Å². The molecule has 0 bridgehead atoms. The Hall–Kier alpha value is -2.19. The second-order valence-electron chi connectivity index (χ2n) is 7.90. The zero-order valence-electron chi connectivity index (χ0n) is 18.4. The quantitative estimate of drug-likeness (QED) is 0.625. The van der Waals surface area contributed by atoms with Gasteiger partial charge in [0.2, 0.25) is 0 Å². The van der Waals surface area contributed by atoms with Crippen LogP contribution in [0.1, 0.15) is 29.7 Å². The fraction of sp³-hybridized carbons (Fsp3) is 0.667. The van der Waals surface area contributed by atoms with Crippen molar-refractivity contribution in [1.29, 1.82) is 0 Å². The van der Waals surface area contributed by atoms with Crippen LogP contribution in [0.5, 0.6) is 0 Å². The molecule has 0 radical (unpaired) electrons. The molecule has 0 aliphatic carbocycles. The lowest BCUT2D eigenvalue weighted by molar-refractivity contribution is -0.152. The van der Waals surface area contributed by atoms with Crippen molar-refractivity contribution in [2.75, 3.05) is 39.3 Å². The van der Waals surface area contributed by atoms with Gasteiger partial charge >= 0.3 is 5.97 Å². The number of hydrogen-bond donors (Lipinski definition) is 0. The van der Waals surface area contributed by atoms with Crippen LogP contribution in [0.3, 0.4) is 0 Å². The van der Waals surface area contributed by atoms with Crippen LogP contribution < -0.4 is 0 Å². The number of carbonyl (C=O) groups is 1. The third kappa shape index (κ3) is 5.45. The summed E-state index contributed by atoms with van der Waals surface area (Å²) >= 11 is 0. The van der Waals surface area contributed by atoms with Crippen molar-refractivity contribution in [2.24, 2.45) is 0 Å². The third-order valence-corrected chi connectivity index (χ3v) is 5.57. The van der Waals surface area contributed by atoms with Crippen LogP contribution in [-0.2, 0) is 22.6 Å². The number of aryl methyl sites for hydroxylation is 4. The maximum Gasteiger partial charge on any atom is 0.324 e. The molecule has 2 aromatic heterocycles. The number of piperazine rings is 1. The molecule has 1 aliphatic rings. The van der Waals surface area contributed by atoms with E-state index in [4.69, 9.17) is 4.74 Å². The molecule has 0 spiro atoms. The normalized spacial score (nSPS) is 18.3. The first-order valence-electron chi connectivity index (χ1n) is 10.5. The molecule has 3 heterocycles. The zero-order chi connectivity index (χ0) is 21.0. The summed E-state index contributed by atoms with van der Waals surface area (Å²) in [6.45, 7) is 16.2. The Balaban J connectivity index is 1.60. The molecule has 0 amide bonds. The average molecular weight is 403 g/mol. The Labute approximate surface area is 173 Å². The van der Waals surface area contributed by atoms with Gasteiger partial charge in [0.05, 0.1) is 31.1 Å². The number of ether oxygens (including phenoxy) is 1. The summed E-state index contributed by atoms with van der Waals surface area (Å²) in [6.07, 6.45) is 0. The van der Waals surface area contributed by atoms with E-state index < -0.39 is 0 Å². The van der Waals surface area contributed by atoms with Gasteiger partial charge in [0, 0.05) is 44.1 Å². The summed E-state index contributed by atoms with van der Waals surface area (Å²) in [4.78, 5) is 17.2. The van der Waals surface area contributed by atoms with Crippen LogP contribution in [0, 0.1) is 27.7 Å². The largest absolute Gasteiger partial charge is 0.465 e. The van der Waals surface area contributed by atoms with Crippen LogP contribution >= 0.6 is 0 Å². The molecule has 1 saturated heterocycles. The van der Waals surface area contributed by atoms with Gasteiger partial charge in [-0.1, -0.05) is 0 Å². The molecule has 0 unspecified atom stereocenters. The van der Waals surface area contributed by atoms with Gasteiger partial charge < -0.3 is 4.74 Å². The van der Waals surface area contributed by atoms with Crippen LogP contribution in [0.15, 0.2) is 12.1 Å². The van der Waals surface area contributed by atoms with Gasteiger partial charge in [0.25, 0.3) is 0 Å². The van der Waals surface area contributed by atoms with Crippen molar-refractivity contribution in [3.63, 3.8) is 0 Å². The highest BCUT2D eigenvalue weighted by atomic mass is 16.5. The summed E-state index contributed by atoms with van der Waals surface area (Å²) in [5.74, 6) is -0.128. The predicted octanol–water partition coefficient (Wildman–Crippen LogP) is 1.56. The Bertz CT molecular complexity index is 827. The van der Waals surface area contributed by atoms with Gasteiger partial charge in [-0.25, -0.2) is 0 Å². The fourth-order valence-corrected chi connectivity index (χ4v) is 4.07. The van der Waals surface area contributed by atoms with Gasteiger partial charge in [0.15, 0.2) is 0 Å². The van der Waals surface area contributed by atoms with E-state index in [9.17, 15) is 4.79 Å². The first-order valence-corrected chi connectivity index (χ1v) is 10.5. The highest BCUT2D eigenvalue weighted by Gasteiger charge is 2.33. The Kier molecular flexibility index (Phi) is 7.08. The van der Waals surface area contributed by atoms with E-state index in [0.29, 0.717) is 13.2 Å². The minimum atomic E-state index is -0.235. The molecule has 160 valence electrons. The number of carbonyl (C=O) groups excluding carboxylic acids is 1. The van der Waals surface area contributed by atoms with E-state index in [1.165, 1.54) is 5.69 Å². The van der Waals surface area contributed by atoms with Crippen LogP contribution in [-0.4, -0.2) is 80.7 Å². The molecule has 0 N–H and O–H groups in total. The smallest absolute Gasteiger partial charge is 0.324 e. The van der Waals surface area contributed by atoms with Gasteiger partial charge in [-0.2, -0.15) is 10.2 Å². The lowest BCUT2D eigenvalue weighted by Gasteiger charge is -2.40. The maximum atomic E-state index is 12.6. The van der Waals surface area contributed by atoms with Crippen molar-refractivity contribution in [3.8, 4) is 0 Å². The molecule has 8 nitrogen and oxygen atoms in total. The topological polar surface area (TPSA) is 68.4 Å². The van der Waals surface area contributed by atoms with E-state index >= 15 is 0 Å². The predicted molar refractivity (Wildman–Crippen MR) is 112 cm³/mol. The van der Waals surface area contributed by atoms with Crippen LogP contribution in [0.4, 0.5) is 0 Å².